The van der Waals surface area contributed by atoms with Crippen molar-refractivity contribution >= 4 is 60.5 Å². The van der Waals surface area contributed by atoms with Gasteiger partial charge in [0.25, 0.3) is 0 Å². The highest BCUT2D eigenvalue weighted by atomic mass is 16.3. The molecule has 0 N–H and O–H groups in total. The normalized spacial score (nSPS) is 13.3. The first kappa shape index (κ1) is 27.9. The van der Waals surface area contributed by atoms with Crippen molar-refractivity contribution in [2.24, 2.45) is 0 Å². The summed E-state index contributed by atoms with van der Waals surface area (Å²) in [5.41, 5.74) is 12.7. The third-order valence-electron chi connectivity index (χ3n) is 10.6. The zero-order valence-corrected chi connectivity index (χ0v) is 27.4. The lowest BCUT2D eigenvalue weighted by Crippen LogP contribution is -2.16. The molecule has 0 fully saturated rings. The Morgan fingerprint density at radius 1 is 0.490 bits per heavy atom. The highest BCUT2D eigenvalue weighted by molar-refractivity contribution is 6.19. The molecule has 1 heterocycles. The van der Waals surface area contributed by atoms with Gasteiger partial charge < -0.3 is 9.32 Å². The van der Waals surface area contributed by atoms with Crippen LogP contribution in [0.4, 0.5) is 17.1 Å². The first-order valence-electron chi connectivity index (χ1n) is 17.0. The van der Waals surface area contributed by atoms with Crippen LogP contribution in [-0.2, 0) is 5.41 Å². The summed E-state index contributed by atoms with van der Waals surface area (Å²) in [5, 5.41) is 7.00. The van der Waals surface area contributed by atoms with Gasteiger partial charge in [-0.15, -0.1) is 0 Å². The lowest BCUT2D eigenvalue weighted by Gasteiger charge is -2.30. The van der Waals surface area contributed by atoms with E-state index in [9.17, 15) is 0 Å². The van der Waals surface area contributed by atoms with E-state index >= 15 is 0 Å². The molecule has 1 aliphatic carbocycles. The molecule has 8 aromatic carbocycles. The first-order valence-corrected chi connectivity index (χ1v) is 17.0. The minimum absolute atomic E-state index is 0.120. The molecule has 2 nitrogen and oxygen atoms in total. The van der Waals surface area contributed by atoms with Gasteiger partial charge in [0.05, 0.1) is 11.4 Å². The maximum atomic E-state index is 6.72. The number of anilines is 3. The lowest BCUT2D eigenvalue weighted by molar-refractivity contribution is 0.660. The molecule has 0 spiro atoms. The highest BCUT2D eigenvalue weighted by Crippen LogP contribution is 2.55. The summed E-state index contributed by atoms with van der Waals surface area (Å²) in [7, 11) is 0. The molecule has 9 aromatic rings. The van der Waals surface area contributed by atoms with E-state index in [2.05, 4.69) is 176 Å². The Hall–Kier alpha value is -6.12. The molecule has 0 saturated heterocycles. The summed E-state index contributed by atoms with van der Waals surface area (Å²) in [6, 6.07) is 59.5. The van der Waals surface area contributed by atoms with E-state index in [1.165, 1.54) is 44.2 Å². The van der Waals surface area contributed by atoms with Crippen LogP contribution in [0.25, 0.3) is 65.7 Å². The second kappa shape index (κ2) is 10.4. The number of hydrogen-bond donors (Lipinski definition) is 0. The van der Waals surface area contributed by atoms with E-state index < -0.39 is 0 Å². The molecule has 0 atom stereocenters. The smallest absolute Gasteiger partial charge is 0.145 e. The van der Waals surface area contributed by atoms with E-state index in [-0.39, 0.29) is 5.41 Å². The fourth-order valence-corrected chi connectivity index (χ4v) is 8.24. The Morgan fingerprint density at radius 3 is 2.12 bits per heavy atom. The van der Waals surface area contributed by atoms with Gasteiger partial charge in [0.15, 0.2) is 0 Å². The molecule has 2 heteroatoms. The quantitative estimate of drug-likeness (QED) is 0.193. The second-order valence-corrected chi connectivity index (χ2v) is 13.7. The molecule has 10 rings (SSSR count). The van der Waals surface area contributed by atoms with Crippen molar-refractivity contribution in [3.05, 3.63) is 175 Å². The number of rotatable bonds is 4. The second-order valence-electron chi connectivity index (χ2n) is 13.7. The van der Waals surface area contributed by atoms with Crippen LogP contribution >= 0.6 is 0 Å². The van der Waals surface area contributed by atoms with Crippen LogP contribution in [-0.4, -0.2) is 0 Å². The van der Waals surface area contributed by atoms with Crippen molar-refractivity contribution in [2.45, 2.75) is 19.3 Å². The van der Waals surface area contributed by atoms with Gasteiger partial charge in [0.2, 0.25) is 0 Å². The van der Waals surface area contributed by atoms with Crippen LogP contribution in [0.5, 0.6) is 0 Å². The molecule has 1 aliphatic rings. The first-order chi connectivity index (χ1) is 24.1. The summed E-state index contributed by atoms with van der Waals surface area (Å²) in [5.74, 6) is 0. The van der Waals surface area contributed by atoms with E-state index in [1.807, 2.05) is 6.07 Å². The summed E-state index contributed by atoms with van der Waals surface area (Å²) < 4.78 is 6.72. The summed E-state index contributed by atoms with van der Waals surface area (Å²) in [6.07, 6.45) is 0. The minimum Gasteiger partial charge on any atom is -0.455 e. The maximum absolute atomic E-state index is 6.72. The highest BCUT2D eigenvalue weighted by Gasteiger charge is 2.38. The predicted octanol–water partition coefficient (Wildman–Crippen LogP) is 13.3. The molecular weight excluding hydrogens is 595 g/mol. The van der Waals surface area contributed by atoms with Crippen molar-refractivity contribution in [3.8, 4) is 22.3 Å². The number of furan rings is 1. The Bertz CT molecular complexity index is 2770. The Balaban J connectivity index is 1.29. The molecule has 49 heavy (non-hydrogen) atoms. The maximum Gasteiger partial charge on any atom is 0.145 e. The molecular formula is C47H33NO. The SMILES string of the molecule is CC1(C)c2ccccc2-c2c(N(c3cccc(-c4ccc5ccccc5c4)c3)c3cccc4ccc5c6ccccc6oc5c34)cccc21. The number of benzene rings is 8. The third kappa shape index (κ3) is 4.14. The van der Waals surface area contributed by atoms with Gasteiger partial charge in [0.1, 0.15) is 11.2 Å². The Morgan fingerprint density at radius 2 is 1.18 bits per heavy atom. The molecule has 0 bridgehead atoms. The zero-order valence-electron chi connectivity index (χ0n) is 27.4. The summed E-state index contributed by atoms with van der Waals surface area (Å²) >= 11 is 0. The van der Waals surface area contributed by atoms with Crippen LogP contribution in [0.3, 0.4) is 0 Å². The van der Waals surface area contributed by atoms with E-state index in [0.717, 1.165) is 49.8 Å². The lowest BCUT2D eigenvalue weighted by atomic mass is 9.82. The zero-order chi connectivity index (χ0) is 32.7. The number of para-hydroxylation sites is 1. The molecule has 0 amide bonds. The molecule has 0 radical (unpaired) electrons. The van der Waals surface area contributed by atoms with Crippen LogP contribution in [0, 0.1) is 0 Å². The third-order valence-corrected chi connectivity index (χ3v) is 10.6. The van der Waals surface area contributed by atoms with Crippen LogP contribution in [0.15, 0.2) is 168 Å². The monoisotopic (exact) mass is 627 g/mol. The minimum atomic E-state index is -0.120. The fraction of sp³-hybridized carbons (Fsp3) is 0.0638. The van der Waals surface area contributed by atoms with Gasteiger partial charge >= 0.3 is 0 Å². The average molecular weight is 628 g/mol. The van der Waals surface area contributed by atoms with Crippen molar-refractivity contribution in [2.75, 3.05) is 4.90 Å². The summed E-state index contributed by atoms with van der Waals surface area (Å²) in [4.78, 5) is 2.47. The standard InChI is InChI=1S/C47H33NO/c1-47(2)39-19-7-5-18-38(39)45-40(47)20-11-22-42(45)48(35-16-9-15-33(29-35)34-25-24-30-12-3-4-13-32(30)28-34)41-21-10-14-31-26-27-37-36-17-6-8-23-43(36)49-46(37)44(31)41/h3-29H,1-2H3. The van der Waals surface area contributed by atoms with Gasteiger partial charge in [-0.2, -0.15) is 0 Å². The molecule has 1 aromatic heterocycles. The van der Waals surface area contributed by atoms with Gasteiger partial charge in [-0.25, -0.2) is 0 Å². The van der Waals surface area contributed by atoms with Crippen LogP contribution in [0.1, 0.15) is 25.0 Å². The van der Waals surface area contributed by atoms with Crippen LogP contribution in [0.2, 0.25) is 0 Å². The van der Waals surface area contributed by atoms with Crippen molar-refractivity contribution in [1.82, 2.24) is 0 Å². The van der Waals surface area contributed by atoms with E-state index in [0.29, 0.717) is 0 Å². The van der Waals surface area contributed by atoms with Crippen molar-refractivity contribution in [1.29, 1.82) is 0 Å². The van der Waals surface area contributed by atoms with Gasteiger partial charge in [-0.05, 0) is 86.4 Å². The number of fused-ring (bicyclic) bond motifs is 9. The molecule has 0 saturated carbocycles. The van der Waals surface area contributed by atoms with Crippen molar-refractivity contribution in [3.63, 3.8) is 0 Å². The Labute approximate surface area is 285 Å². The number of hydrogen-bond acceptors (Lipinski definition) is 2. The Kier molecular flexibility index (Phi) is 5.95. The largest absolute Gasteiger partial charge is 0.455 e. The van der Waals surface area contributed by atoms with Gasteiger partial charge in [-0.1, -0.05) is 135 Å². The predicted molar refractivity (Wildman–Crippen MR) is 206 cm³/mol. The van der Waals surface area contributed by atoms with Crippen molar-refractivity contribution < 1.29 is 4.42 Å². The summed E-state index contributed by atoms with van der Waals surface area (Å²) in [6.45, 7) is 4.70. The molecule has 232 valence electrons. The fourth-order valence-electron chi connectivity index (χ4n) is 8.24. The van der Waals surface area contributed by atoms with Gasteiger partial charge in [0, 0.05) is 32.8 Å². The average Bonchev–Trinajstić information content (AvgIpc) is 3.64. The topological polar surface area (TPSA) is 16.4 Å². The van der Waals surface area contributed by atoms with Crippen LogP contribution < -0.4 is 4.90 Å². The van der Waals surface area contributed by atoms with E-state index in [1.54, 1.807) is 0 Å². The van der Waals surface area contributed by atoms with E-state index in [4.69, 9.17) is 4.42 Å². The molecule has 0 aliphatic heterocycles. The number of nitrogens with zero attached hydrogens (tertiary/aromatic N) is 1. The van der Waals surface area contributed by atoms with Gasteiger partial charge in [-0.3, -0.25) is 0 Å². The molecule has 0 unspecified atom stereocenters.